The zero-order chi connectivity index (χ0) is 17.6. The SMILES string of the molecule is COCCn1nnnc1C(C(C)C)N1CCN(c2ccccc2)CC1. The van der Waals surface area contributed by atoms with Crippen molar-refractivity contribution < 1.29 is 4.74 Å². The van der Waals surface area contributed by atoms with Gasteiger partial charge < -0.3 is 9.64 Å². The van der Waals surface area contributed by atoms with E-state index in [0.29, 0.717) is 19.1 Å². The van der Waals surface area contributed by atoms with E-state index in [4.69, 9.17) is 4.74 Å². The smallest absolute Gasteiger partial charge is 0.168 e. The molecule has 1 fully saturated rings. The summed E-state index contributed by atoms with van der Waals surface area (Å²) >= 11 is 0. The number of aromatic nitrogens is 4. The van der Waals surface area contributed by atoms with Gasteiger partial charge in [-0.05, 0) is 28.5 Å². The van der Waals surface area contributed by atoms with Gasteiger partial charge in [-0.2, -0.15) is 0 Å². The van der Waals surface area contributed by atoms with Crippen molar-refractivity contribution in [3.05, 3.63) is 36.2 Å². The molecule has 25 heavy (non-hydrogen) atoms. The lowest BCUT2D eigenvalue weighted by molar-refractivity contribution is 0.129. The Balaban J connectivity index is 1.70. The van der Waals surface area contributed by atoms with E-state index in [1.54, 1.807) is 7.11 Å². The van der Waals surface area contributed by atoms with Crippen LogP contribution in [-0.2, 0) is 11.3 Å². The number of nitrogens with zero attached hydrogens (tertiary/aromatic N) is 6. The molecular formula is C18H28N6O. The highest BCUT2D eigenvalue weighted by molar-refractivity contribution is 5.46. The minimum Gasteiger partial charge on any atom is -0.383 e. The third-order valence-corrected chi connectivity index (χ3v) is 4.79. The van der Waals surface area contributed by atoms with Crippen LogP contribution < -0.4 is 4.90 Å². The maximum Gasteiger partial charge on any atom is 0.168 e. The van der Waals surface area contributed by atoms with Crippen molar-refractivity contribution in [1.29, 1.82) is 0 Å². The van der Waals surface area contributed by atoms with Gasteiger partial charge in [0.15, 0.2) is 5.82 Å². The first-order valence-electron chi connectivity index (χ1n) is 8.99. The molecule has 1 aromatic heterocycles. The topological polar surface area (TPSA) is 59.3 Å². The monoisotopic (exact) mass is 344 g/mol. The number of rotatable bonds is 7. The van der Waals surface area contributed by atoms with Gasteiger partial charge in [-0.25, -0.2) is 4.68 Å². The van der Waals surface area contributed by atoms with Crippen LogP contribution in [0.5, 0.6) is 0 Å². The zero-order valence-corrected chi connectivity index (χ0v) is 15.4. The third kappa shape index (κ3) is 4.16. The molecule has 136 valence electrons. The van der Waals surface area contributed by atoms with E-state index in [-0.39, 0.29) is 6.04 Å². The van der Waals surface area contributed by atoms with E-state index >= 15 is 0 Å². The van der Waals surface area contributed by atoms with Crippen molar-refractivity contribution in [3.8, 4) is 0 Å². The van der Waals surface area contributed by atoms with Gasteiger partial charge in [0.2, 0.25) is 0 Å². The molecule has 0 saturated carbocycles. The molecule has 0 amide bonds. The second kappa shape index (κ2) is 8.40. The van der Waals surface area contributed by atoms with E-state index in [2.05, 4.69) is 69.5 Å². The first-order chi connectivity index (χ1) is 12.2. The van der Waals surface area contributed by atoms with Gasteiger partial charge in [0.05, 0.1) is 19.2 Å². The van der Waals surface area contributed by atoms with Gasteiger partial charge >= 0.3 is 0 Å². The van der Waals surface area contributed by atoms with Gasteiger partial charge in [0, 0.05) is 39.0 Å². The second-order valence-corrected chi connectivity index (χ2v) is 6.80. The highest BCUT2D eigenvalue weighted by Crippen LogP contribution is 2.28. The molecule has 0 radical (unpaired) electrons. The van der Waals surface area contributed by atoms with Gasteiger partial charge in [-0.15, -0.1) is 5.10 Å². The lowest BCUT2D eigenvalue weighted by Gasteiger charge is -2.41. The van der Waals surface area contributed by atoms with Gasteiger partial charge in [0.25, 0.3) is 0 Å². The largest absolute Gasteiger partial charge is 0.383 e. The molecule has 0 N–H and O–H groups in total. The van der Waals surface area contributed by atoms with Crippen LogP contribution in [0.15, 0.2) is 30.3 Å². The summed E-state index contributed by atoms with van der Waals surface area (Å²) in [6.07, 6.45) is 0. The van der Waals surface area contributed by atoms with Crippen LogP contribution in [0.1, 0.15) is 25.7 Å². The fourth-order valence-corrected chi connectivity index (χ4v) is 3.54. The zero-order valence-electron chi connectivity index (χ0n) is 15.4. The maximum atomic E-state index is 5.18. The standard InChI is InChI=1S/C18H28N6O/c1-15(2)17(18-19-20-21-24(18)13-14-25-3)23-11-9-22(10-12-23)16-7-5-4-6-8-16/h4-8,15,17H,9-14H2,1-3H3. The number of ether oxygens (including phenoxy) is 1. The molecule has 0 spiro atoms. The molecule has 1 aliphatic rings. The number of piperazine rings is 1. The second-order valence-electron chi connectivity index (χ2n) is 6.80. The molecule has 1 unspecified atom stereocenters. The van der Waals surface area contributed by atoms with Crippen molar-refractivity contribution in [3.63, 3.8) is 0 Å². The molecule has 0 bridgehead atoms. The maximum absolute atomic E-state index is 5.18. The van der Waals surface area contributed by atoms with Crippen molar-refractivity contribution in [2.45, 2.75) is 26.4 Å². The molecule has 2 aromatic rings. The van der Waals surface area contributed by atoms with Crippen LogP contribution in [0.25, 0.3) is 0 Å². The highest BCUT2D eigenvalue weighted by Gasteiger charge is 2.31. The fraction of sp³-hybridized carbons (Fsp3) is 0.611. The number of anilines is 1. The van der Waals surface area contributed by atoms with Crippen molar-refractivity contribution >= 4 is 5.69 Å². The fourth-order valence-electron chi connectivity index (χ4n) is 3.54. The van der Waals surface area contributed by atoms with Crippen molar-refractivity contribution in [1.82, 2.24) is 25.1 Å². The summed E-state index contributed by atoms with van der Waals surface area (Å²) in [7, 11) is 1.70. The third-order valence-electron chi connectivity index (χ3n) is 4.79. The Labute approximate surface area is 149 Å². The van der Waals surface area contributed by atoms with Crippen LogP contribution in [-0.4, -0.2) is 65.0 Å². The summed E-state index contributed by atoms with van der Waals surface area (Å²) in [6, 6.07) is 10.9. The predicted molar refractivity (Wildman–Crippen MR) is 97.5 cm³/mol. The summed E-state index contributed by atoms with van der Waals surface area (Å²) in [5.41, 5.74) is 1.30. The van der Waals surface area contributed by atoms with Crippen LogP contribution >= 0.6 is 0 Å². The highest BCUT2D eigenvalue weighted by atomic mass is 16.5. The average molecular weight is 344 g/mol. The van der Waals surface area contributed by atoms with Gasteiger partial charge in [-0.1, -0.05) is 32.0 Å². The Kier molecular flexibility index (Phi) is 5.99. The summed E-state index contributed by atoms with van der Waals surface area (Å²) < 4.78 is 7.07. The molecule has 7 heteroatoms. The summed E-state index contributed by atoms with van der Waals surface area (Å²) in [6.45, 7) is 9.84. The van der Waals surface area contributed by atoms with Crippen LogP contribution in [0.2, 0.25) is 0 Å². The number of hydrogen-bond acceptors (Lipinski definition) is 6. The van der Waals surface area contributed by atoms with Gasteiger partial charge in [0.1, 0.15) is 0 Å². The molecule has 2 heterocycles. The number of hydrogen-bond donors (Lipinski definition) is 0. The first kappa shape index (κ1) is 17.8. The minimum absolute atomic E-state index is 0.227. The number of para-hydroxylation sites is 1. The first-order valence-corrected chi connectivity index (χ1v) is 8.99. The normalized spacial score (nSPS) is 17.2. The minimum atomic E-state index is 0.227. The number of methoxy groups -OCH3 is 1. The molecule has 7 nitrogen and oxygen atoms in total. The molecular weight excluding hydrogens is 316 g/mol. The molecule has 1 saturated heterocycles. The summed E-state index contributed by atoms with van der Waals surface area (Å²) in [5.74, 6) is 1.38. The molecule has 1 aliphatic heterocycles. The Morgan fingerprint density at radius 1 is 1.08 bits per heavy atom. The Morgan fingerprint density at radius 3 is 2.44 bits per heavy atom. The van der Waals surface area contributed by atoms with Crippen LogP contribution in [0.3, 0.4) is 0 Å². The Hall–Kier alpha value is -1.99. The van der Waals surface area contributed by atoms with Crippen molar-refractivity contribution in [2.75, 3.05) is 44.8 Å². The number of benzene rings is 1. The van der Waals surface area contributed by atoms with E-state index in [9.17, 15) is 0 Å². The van der Waals surface area contributed by atoms with Crippen molar-refractivity contribution in [2.24, 2.45) is 5.92 Å². The summed E-state index contributed by atoms with van der Waals surface area (Å²) in [5, 5.41) is 12.4. The predicted octanol–water partition coefficient (Wildman–Crippen LogP) is 1.84. The Bertz CT molecular complexity index is 636. The van der Waals surface area contributed by atoms with Gasteiger partial charge in [-0.3, -0.25) is 4.90 Å². The van der Waals surface area contributed by atoms with Crippen LogP contribution in [0.4, 0.5) is 5.69 Å². The van der Waals surface area contributed by atoms with Crippen LogP contribution in [0, 0.1) is 5.92 Å². The van der Waals surface area contributed by atoms with E-state index in [1.165, 1.54) is 5.69 Å². The molecule has 1 atom stereocenters. The quantitative estimate of drug-likeness (QED) is 0.764. The molecule has 1 aromatic carbocycles. The Morgan fingerprint density at radius 2 is 1.80 bits per heavy atom. The lowest BCUT2D eigenvalue weighted by atomic mass is 10.0. The molecule has 3 rings (SSSR count). The summed E-state index contributed by atoms with van der Waals surface area (Å²) in [4.78, 5) is 4.96. The number of tetrazole rings is 1. The lowest BCUT2D eigenvalue weighted by Crippen LogP contribution is -2.49. The molecule has 0 aliphatic carbocycles. The van der Waals surface area contributed by atoms with E-state index in [1.807, 2.05) is 4.68 Å². The van der Waals surface area contributed by atoms with E-state index < -0.39 is 0 Å². The van der Waals surface area contributed by atoms with E-state index in [0.717, 1.165) is 32.0 Å². The average Bonchev–Trinajstić information content (AvgIpc) is 3.09.